The Labute approximate surface area is 201 Å². The Kier molecular flexibility index (Phi) is 7.17. The van der Waals surface area contributed by atoms with Gasteiger partial charge in [0.1, 0.15) is 5.65 Å². The van der Waals surface area contributed by atoms with Gasteiger partial charge in [-0.3, -0.25) is 24.0 Å². The number of nitro benzene ring substituents is 1. The Morgan fingerprint density at radius 3 is 2.31 bits per heavy atom. The standard InChI is InChI=1S/C26H26N4O5/c1-18(2)21-9-5-20(6-10-21)17-35-15-14-28-25(31)23-4-3-13-27-24(23)29(26(28)32)16-19-7-11-22(12-8-19)30(33)34/h3-13,18H,14-17H2,1-2H3. The second kappa shape index (κ2) is 10.4. The summed E-state index contributed by atoms with van der Waals surface area (Å²) < 4.78 is 8.31. The summed E-state index contributed by atoms with van der Waals surface area (Å²) in [5, 5.41) is 11.2. The van der Waals surface area contributed by atoms with Crippen LogP contribution in [-0.2, 0) is 24.4 Å². The van der Waals surface area contributed by atoms with Crippen LogP contribution in [0.5, 0.6) is 0 Å². The van der Waals surface area contributed by atoms with Gasteiger partial charge in [0.25, 0.3) is 11.2 Å². The van der Waals surface area contributed by atoms with Crippen LogP contribution in [-0.4, -0.2) is 25.6 Å². The maximum atomic E-state index is 13.3. The van der Waals surface area contributed by atoms with Gasteiger partial charge in [0.2, 0.25) is 0 Å². The van der Waals surface area contributed by atoms with Crippen molar-refractivity contribution in [2.24, 2.45) is 0 Å². The number of hydrogen-bond donors (Lipinski definition) is 0. The minimum Gasteiger partial charge on any atom is -0.375 e. The van der Waals surface area contributed by atoms with E-state index in [0.717, 1.165) is 10.1 Å². The summed E-state index contributed by atoms with van der Waals surface area (Å²) in [7, 11) is 0. The third-order valence-electron chi connectivity index (χ3n) is 5.84. The molecule has 0 saturated heterocycles. The number of ether oxygens (including phenoxy) is 1. The highest BCUT2D eigenvalue weighted by Gasteiger charge is 2.15. The number of non-ortho nitro benzene ring substituents is 1. The van der Waals surface area contributed by atoms with Gasteiger partial charge in [-0.05, 0) is 34.7 Å². The molecular formula is C26H26N4O5. The lowest BCUT2D eigenvalue weighted by molar-refractivity contribution is -0.384. The van der Waals surface area contributed by atoms with Crippen molar-refractivity contribution < 1.29 is 9.66 Å². The molecule has 180 valence electrons. The number of rotatable bonds is 9. The van der Waals surface area contributed by atoms with Gasteiger partial charge in [0.15, 0.2) is 0 Å². The van der Waals surface area contributed by atoms with E-state index in [1.165, 1.54) is 28.5 Å². The minimum absolute atomic E-state index is 0.0370. The first-order valence-corrected chi connectivity index (χ1v) is 11.3. The minimum atomic E-state index is -0.510. The summed E-state index contributed by atoms with van der Waals surface area (Å²) >= 11 is 0. The molecule has 0 unspecified atom stereocenters. The normalized spacial score (nSPS) is 11.3. The van der Waals surface area contributed by atoms with E-state index < -0.39 is 16.2 Å². The predicted octanol–water partition coefficient (Wildman–Crippen LogP) is 3.85. The van der Waals surface area contributed by atoms with Gasteiger partial charge >= 0.3 is 5.69 Å². The van der Waals surface area contributed by atoms with Crippen LogP contribution in [0.25, 0.3) is 11.0 Å². The lowest BCUT2D eigenvalue weighted by Gasteiger charge is -2.14. The van der Waals surface area contributed by atoms with Crippen molar-refractivity contribution in [1.82, 2.24) is 14.1 Å². The molecule has 0 aliphatic carbocycles. The van der Waals surface area contributed by atoms with Gasteiger partial charge in [-0.2, -0.15) is 0 Å². The summed E-state index contributed by atoms with van der Waals surface area (Å²) in [4.78, 5) is 41.0. The molecule has 0 atom stereocenters. The van der Waals surface area contributed by atoms with Gasteiger partial charge < -0.3 is 4.74 Å². The van der Waals surface area contributed by atoms with Crippen molar-refractivity contribution in [1.29, 1.82) is 0 Å². The molecule has 9 nitrogen and oxygen atoms in total. The fourth-order valence-corrected chi connectivity index (χ4v) is 3.84. The number of nitrogens with zero attached hydrogens (tertiary/aromatic N) is 4. The number of pyridine rings is 1. The Morgan fingerprint density at radius 2 is 1.66 bits per heavy atom. The molecule has 0 aliphatic rings. The maximum Gasteiger partial charge on any atom is 0.333 e. The van der Waals surface area contributed by atoms with E-state index in [2.05, 4.69) is 31.0 Å². The van der Waals surface area contributed by atoms with Gasteiger partial charge in [-0.15, -0.1) is 0 Å². The van der Waals surface area contributed by atoms with E-state index in [4.69, 9.17) is 4.74 Å². The number of benzene rings is 2. The van der Waals surface area contributed by atoms with Crippen molar-refractivity contribution >= 4 is 16.7 Å². The first kappa shape index (κ1) is 24.0. The van der Waals surface area contributed by atoms with Gasteiger partial charge in [0, 0.05) is 18.3 Å². The monoisotopic (exact) mass is 474 g/mol. The highest BCUT2D eigenvalue weighted by atomic mass is 16.6. The molecule has 9 heteroatoms. The quantitative estimate of drug-likeness (QED) is 0.207. The molecular weight excluding hydrogens is 448 g/mol. The molecule has 0 saturated carbocycles. The molecule has 0 amide bonds. The maximum absolute atomic E-state index is 13.3. The van der Waals surface area contributed by atoms with Crippen molar-refractivity contribution in [2.75, 3.05) is 6.61 Å². The van der Waals surface area contributed by atoms with Gasteiger partial charge in [0.05, 0.1) is 36.6 Å². The molecule has 0 aliphatic heterocycles. The summed E-state index contributed by atoms with van der Waals surface area (Å²) in [6.07, 6.45) is 1.52. The second-order valence-corrected chi connectivity index (χ2v) is 8.57. The largest absolute Gasteiger partial charge is 0.375 e. The summed E-state index contributed by atoms with van der Waals surface area (Å²) in [5.41, 5.74) is 2.23. The lowest BCUT2D eigenvalue weighted by atomic mass is 10.0. The van der Waals surface area contributed by atoms with Gasteiger partial charge in [-0.1, -0.05) is 50.2 Å². The van der Waals surface area contributed by atoms with Crippen LogP contribution in [0.2, 0.25) is 0 Å². The van der Waals surface area contributed by atoms with E-state index in [9.17, 15) is 19.7 Å². The second-order valence-electron chi connectivity index (χ2n) is 8.57. The molecule has 2 aromatic carbocycles. The zero-order valence-electron chi connectivity index (χ0n) is 19.6. The molecule has 4 rings (SSSR count). The van der Waals surface area contributed by atoms with Gasteiger partial charge in [-0.25, -0.2) is 9.78 Å². The molecule has 0 N–H and O–H groups in total. The van der Waals surface area contributed by atoms with E-state index in [-0.39, 0.29) is 31.0 Å². The predicted molar refractivity (Wildman–Crippen MR) is 133 cm³/mol. The lowest BCUT2D eigenvalue weighted by Crippen LogP contribution is -2.41. The van der Waals surface area contributed by atoms with E-state index in [1.54, 1.807) is 24.3 Å². The van der Waals surface area contributed by atoms with Crippen LogP contribution < -0.4 is 11.2 Å². The van der Waals surface area contributed by atoms with Crippen molar-refractivity contribution in [3.8, 4) is 0 Å². The number of fused-ring (bicyclic) bond motifs is 1. The molecule has 0 fully saturated rings. The molecule has 2 aromatic heterocycles. The summed E-state index contributed by atoms with van der Waals surface area (Å²) in [6.45, 7) is 5.04. The molecule has 35 heavy (non-hydrogen) atoms. The average Bonchev–Trinajstić information content (AvgIpc) is 2.86. The number of hydrogen-bond acceptors (Lipinski definition) is 6. The SMILES string of the molecule is CC(C)c1ccc(COCCn2c(=O)c3cccnc3n(Cc3ccc([N+](=O)[O-])cc3)c2=O)cc1. The van der Waals surface area contributed by atoms with Crippen molar-refractivity contribution in [3.05, 3.63) is 115 Å². The smallest absolute Gasteiger partial charge is 0.333 e. The Morgan fingerprint density at radius 1 is 0.971 bits per heavy atom. The Bertz CT molecular complexity index is 1450. The highest BCUT2D eigenvalue weighted by molar-refractivity contribution is 5.73. The Balaban J connectivity index is 1.55. The fourth-order valence-electron chi connectivity index (χ4n) is 3.84. The first-order valence-electron chi connectivity index (χ1n) is 11.3. The fraction of sp³-hybridized carbons (Fsp3) is 0.269. The van der Waals surface area contributed by atoms with Crippen LogP contribution in [0.3, 0.4) is 0 Å². The molecule has 4 aromatic rings. The molecule has 0 radical (unpaired) electrons. The van der Waals surface area contributed by atoms with Crippen LogP contribution >= 0.6 is 0 Å². The van der Waals surface area contributed by atoms with Crippen LogP contribution in [0.15, 0.2) is 76.4 Å². The van der Waals surface area contributed by atoms with E-state index in [1.807, 2.05) is 12.1 Å². The van der Waals surface area contributed by atoms with Crippen LogP contribution in [0.1, 0.15) is 36.5 Å². The first-order chi connectivity index (χ1) is 16.8. The summed E-state index contributed by atoms with van der Waals surface area (Å²) in [6, 6.07) is 17.4. The molecule has 2 heterocycles. The van der Waals surface area contributed by atoms with Crippen LogP contribution in [0.4, 0.5) is 5.69 Å². The third kappa shape index (κ3) is 5.36. The zero-order valence-corrected chi connectivity index (χ0v) is 19.6. The van der Waals surface area contributed by atoms with Crippen LogP contribution in [0, 0.1) is 10.1 Å². The molecule has 0 bridgehead atoms. The topological polar surface area (TPSA) is 109 Å². The van der Waals surface area contributed by atoms with E-state index in [0.29, 0.717) is 23.5 Å². The van der Waals surface area contributed by atoms with E-state index >= 15 is 0 Å². The molecule has 0 spiro atoms. The summed E-state index contributed by atoms with van der Waals surface area (Å²) in [5.74, 6) is 0.451. The van der Waals surface area contributed by atoms with Crippen molar-refractivity contribution in [3.63, 3.8) is 0 Å². The third-order valence-corrected chi connectivity index (χ3v) is 5.84. The number of nitro groups is 1. The Hall–Kier alpha value is -4.11. The highest BCUT2D eigenvalue weighted by Crippen LogP contribution is 2.16. The zero-order chi connectivity index (χ0) is 24.9. The number of aromatic nitrogens is 3. The van der Waals surface area contributed by atoms with Crippen molar-refractivity contribution in [2.45, 2.75) is 39.5 Å². The average molecular weight is 475 g/mol.